The molecule has 0 unspecified atom stereocenters. The van der Waals surface area contributed by atoms with E-state index < -0.39 is 0 Å². The third kappa shape index (κ3) is 3.96. The Bertz CT molecular complexity index is 718. The SMILES string of the molecule is CC(C)(C)OC(CCN1CCC2(CC1)COc1cc(O)ccc12)=C1CCC1. The lowest BCUT2D eigenvalue weighted by atomic mass is 9.74. The smallest absolute Gasteiger partial charge is 0.126 e. The first kappa shape index (κ1) is 18.7. The summed E-state index contributed by atoms with van der Waals surface area (Å²) in [7, 11) is 0. The zero-order valence-corrected chi connectivity index (χ0v) is 17.0. The molecule has 1 N–H and O–H groups in total. The number of phenolic OH excluding ortho intramolecular Hbond substituents is 1. The highest BCUT2D eigenvalue weighted by molar-refractivity contribution is 5.48. The second-order valence-electron chi connectivity index (χ2n) is 9.44. The molecule has 1 saturated heterocycles. The third-order valence-electron chi connectivity index (χ3n) is 6.29. The molecule has 1 aliphatic carbocycles. The number of benzene rings is 1. The van der Waals surface area contributed by atoms with Crippen molar-refractivity contribution >= 4 is 0 Å². The number of nitrogens with zero attached hydrogens (tertiary/aromatic N) is 1. The van der Waals surface area contributed by atoms with Crippen molar-refractivity contribution in [2.45, 2.75) is 70.3 Å². The molecule has 4 rings (SSSR count). The summed E-state index contributed by atoms with van der Waals surface area (Å²) >= 11 is 0. The molecule has 1 saturated carbocycles. The lowest BCUT2D eigenvalue weighted by Gasteiger charge is -2.39. The topological polar surface area (TPSA) is 41.9 Å². The van der Waals surface area contributed by atoms with E-state index in [0.29, 0.717) is 5.75 Å². The summed E-state index contributed by atoms with van der Waals surface area (Å²) in [5.41, 5.74) is 2.85. The Morgan fingerprint density at radius 3 is 2.59 bits per heavy atom. The molecule has 4 nitrogen and oxygen atoms in total. The third-order valence-corrected chi connectivity index (χ3v) is 6.29. The van der Waals surface area contributed by atoms with Crippen LogP contribution in [0.3, 0.4) is 0 Å². The van der Waals surface area contributed by atoms with Crippen LogP contribution in [0.5, 0.6) is 11.5 Å². The normalized spacial score (nSPS) is 21.5. The number of fused-ring (bicyclic) bond motifs is 2. The summed E-state index contributed by atoms with van der Waals surface area (Å²) in [6.45, 7) is 10.5. The van der Waals surface area contributed by atoms with Gasteiger partial charge in [0.15, 0.2) is 0 Å². The van der Waals surface area contributed by atoms with Crippen LogP contribution in [0, 0.1) is 0 Å². The molecule has 1 aromatic carbocycles. The maximum atomic E-state index is 9.69. The summed E-state index contributed by atoms with van der Waals surface area (Å²) in [5.74, 6) is 2.41. The van der Waals surface area contributed by atoms with Gasteiger partial charge in [-0.05, 0) is 77.6 Å². The van der Waals surface area contributed by atoms with E-state index in [2.05, 4.69) is 31.7 Å². The molecule has 2 heterocycles. The number of phenols is 1. The number of hydrogen-bond donors (Lipinski definition) is 1. The molecule has 2 fully saturated rings. The lowest BCUT2D eigenvalue weighted by Crippen LogP contribution is -2.44. The first-order valence-electron chi connectivity index (χ1n) is 10.4. The average molecular weight is 372 g/mol. The van der Waals surface area contributed by atoms with Gasteiger partial charge in [0.2, 0.25) is 0 Å². The summed E-state index contributed by atoms with van der Waals surface area (Å²) in [6, 6.07) is 5.61. The minimum Gasteiger partial charge on any atom is -0.508 e. The highest BCUT2D eigenvalue weighted by Gasteiger charge is 2.43. The molecule has 148 valence electrons. The molecule has 0 bridgehead atoms. The van der Waals surface area contributed by atoms with Crippen LogP contribution in [0.15, 0.2) is 29.5 Å². The van der Waals surface area contributed by atoms with Gasteiger partial charge in [0, 0.05) is 30.0 Å². The molecular formula is C23H33NO3. The van der Waals surface area contributed by atoms with E-state index in [1.165, 1.54) is 36.2 Å². The molecule has 27 heavy (non-hydrogen) atoms. The number of likely N-dealkylation sites (tertiary alicyclic amines) is 1. The van der Waals surface area contributed by atoms with E-state index in [0.717, 1.165) is 51.3 Å². The molecule has 0 aromatic heterocycles. The predicted octanol–water partition coefficient (Wildman–Crippen LogP) is 4.76. The highest BCUT2D eigenvalue weighted by Crippen LogP contribution is 2.46. The van der Waals surface area contributed by atoms with Crippen molar-refractivity contribution in [1.82, 2.24) is 4.90 Å². The molecule has 1 spiro atoms. The number of aromatic hydroxyl groups is 1. The van der Waals surface area contributed by atoms with Crippen molar-refractivity contribution in [3.8, 4) is 11.5 Å². The Balaban J connectivity index is 1.35. The van der Waals surface area contributed by atoms with Crippen molar-refractivity contribution in [1.29, 1.82) is 0 Å². The Morgan fingerprint density at radius 2 is 1.96 bits per heavy atom. The van der Waals surface area contributed by atoms with Crippen LogP contribution in [0.2, 0.25) is 0 Å². The fourth-order valence-corrected chi connectivity index (χ4v) is 4.54. The van der Waals surface area contributed by atoms with Crippen LogP contribution >= 0.6 is 0 Å². The van der Waals surface area contributed by atoms with E-state index in [1.807, 2.05) is 0 Å². The Labute approximate surface area is 163 Å². The average Bonchev–Trinajstić information content (AvgIpc) is 2.89. The van der Waals surface area contributed by atoms with Crippen molar-refractivity contribution in [3.05, 3.63) is 35.1 Å². The van der Waals surface area contributed by atoms with Crippen molar-refractivity contribution in [3.63, 3.8) is 0 Å². The Morgan fingerprint density at radius 1 is 1.22 bits per heavy atom. The van der Waals surface area contributed by atoms with Crippen molar-refractivity contribution in [2.24, 2.45) is 0 Å². The van der Waals surface area contributed by atoms with Crippen molar-refractivity contribution in [2.75, 3.05) is 26.2 Å². The van der Waals surface area contributed by atoms with Crippen molar-refractivity contribution < 1.29 is 14.6 Å². The molecule has 2 aliphatic heterocycles. The van der Waals surface area contributed by atoms with Gasteiger partial charge in [-0.1, -0.05) is 6.07 Å². The maximum Gasteiger partial charge on any atom is 0.126 e. The van der Waals surface area contributed by atoms with Gasteiger partial charge in [0.05, 0.1) is 12.4 Å². The Kier molecular flexibility index (Phi) is 4.87. The van der Waals surface area contributed by atoms with Crippen LogP contribution in [0.25, 0.3) is 0 Å². The number of allylic oxidation sites excluding steroid dienone is 1. The van der Waals surface area contributed by atoms with Gasteiger partial charge in [0.1, 0.15) is 17.1 Å². The van der Waals surface area contributed by atoms with Crippen LogP contribution in [0.4, 0.5) is 0 Å². The lowest BCUT2D eigenvalue weighted by molar-refractivity contribution is 0.0377. The first-order chi connectivity index (χ1) is 12.8. The monoisotopic (exact) mass is 371 g/mol. The Hall–Kier alpha value is -1.68. The second-order valence-corrected chi connectivity index (χ2v) is 9.44. The molecule has 3 aliphatic rings. The van der Waals surface area contributed by atoms with Crippen LogP contribution < -0.4 is 4.74 Å². The van der Waals surface area contributed by atoms with Gasteiger partial charge in [-0.2, -0.15) is 0 Å². The van der Waals surface area contributed by atoms with Crippen LogP contribution in [-0.4, -0.2) is 41.8 Å². The molecular weight excluding hydrogens is 338 g/mol. The number of hydrogen-bond acceptors (Lipinski definition) is 4. The van der Waals surface area contributed by atoms with E-state index in [9.17, 15) is 5.11 Å². The van der Waals surface area contributed by atoms with E-state index in [4.69, 9.17) is 9.47 Å². The fourth-order valence-electron chi connectivity index (χ4n) is 4.54. The summed E-state index contributed by atoms with van der Waals surface area (Å²) in [6.07, 6.45) is 7.02. The number of piperidine rings is 1. The summed E-state index contributed by atoms with van der Waals surface area (Å²) < 4.78 is 12.2. The van der Waals surface area contributed by atoms with Gasteiger partial charge in [-0.15, -0.1) is 0 Å². The van der Waals surface area contributed by atoms with Gasteiger partial charge in [-0.3, -0.25) is 0 Å². The van der Waals surface area contributed by atoms with Gasteiger partial charge in [-0.25, -0.2) is 0 Å². The number of ether oxygens (including phenoxy) is 2. The second kappa shape index (κ2) is 7.05. The largest absolute Gasteiger partial charge is 0.508 e. The summed E-state index contributed by atoms with van der Waals surface area (Å²) in [5, 5.41) is 9.69. The zero-order chi connectivity index (χ0) is 19.1. The fraction of sp³-hybridized carbons (Fsp3) is 0.652. The first-order valence-corrected chi connectivity index (χ1v) is 10.4. The molecule has 0 amide bonds. The van der Waals surface area contributed by atoms with Gasteiger partial charge < -0.3 is 19.5 Å². The minimum absolute atomic E-state index is 0.111. The highest BCUT2D eigenvalue weighted by atomic mass is 16.5. The quantitative estimate of drug-likeness (QED) is 0.775. The molecule has 4 heteroatoms. The van der Waals surface area contributed by atoms with E-state index in [1.54, 1.807) is 12.1 Å². The minimum atomic E-state index is -0.111. The number of rotatable bonds is 4. The van der Waals surface area contributed by atoms with Gasteiger partial charge in [0.25, 0.3) is 0 Å². The van der Waals surface area contributed by atoms with Crippen LogP contribution in [0.1, 0.15) is 64.9 Å². The maximum absolute atomic E-state index is 9.69. The molecule has 0 radical (unpaired) electrons. The van der Waals surface area contributed by atoms with E-state index in [-0.39, 0.29) is 11.0 Å². The van der Waals surface area contributed by atoms with Gasteiger partial charge >= 0.3 is 0 Å². The molecule has 1 aromatic rings. The predicted molar refractivity (Wildman–Crippen MR) is 107 cm³/mol. The van der Waals surface area contributed by atoms with Crippen LogP contribution in [-0.2, 0) is 10.2 Å². The molecule has 0 atom stereocenters. The summed E-state index contributed by atoms with van der Waals surface area (Å²) in [4.78, 5) is 2.58. The zero-order valence-electron chi connectivity index (χ0n) is 17.0. The standard InChI is InChI=1S/C23H33NO3/c1-22(2,3)27-20(17-5-4-6-17)9-12-24-13-10-23(11-14-24)16-26-21-15-18(25)7-8-19(21)23/h7-8,15,25H,4-6,9-14,16H2,1-3H3. The van der Waals surface area contributed by atoms with E-state index >= 15 is 0 Å².